The maximum Gasteiger partial charge on any atom is 0.254 e. The highest BCUT2D eigenvalue weighted by Crippen LogP contribution is 2.49. The van der Waals surface area contributed by atoms with Crippen molar-refractivity contribution in [2.24, 2.45) is 0 Å². The van der Waals surface area contributed by atoms with Crippen LogP contribution in [0.25, 0.3) is 0 Å². The molecule has 1 unspecified atom stereocenters. The van der Waals surface area contributed by atoms with Gasteiger partial charge in [-0.15, -0.1) is 0 Å². The summed E-state index contributed by atoms with van der Waals surface area (Å²) in [4.78, 5) is 31.9. The van der Waals surface area contributed by atoms with Gasteiger partial charge in [0.1, 0.15) is 0 Å². The summed E-state index contributed by atoms with van der Waals surface area (Å²) in [5.41, 5.74) is 3.08. The summed E-state index contributed by atoms with van der Waals surface area (Å²) in [6.07, 6.45) is 4.12. The Morgan fingerprint density at radius 1 is 1.00 bits per heavy atom. The molecule has 2 aromatic carbocycles. The van der Waals surface area contributed by atoms with Crippen molar-refractivity contribution in [3.8, 4) is 0 Å². The zero-order valence-corrected chi connectivity index (χ0v) is 17.7. The van der Waals surface area contributed by atoms with Crippen molar-refractivity contribution >= 4 is 11.8 Å². The highest BCUT2D eigenvalue weighted by atomic mass is 16.5. The molecule has 1 N–H and O–H groups in total. The minimum absolute atomic E-state index is 0.0393. The van der Waals surface area contributed by atoms with Crippen molar-refractivity contribution in [2.45, 2.75) is 31.1 Å². The third-order valence-electron chi connectivity index (χ3n) is 6.38. The SMILES string of the molecule is O=C(NCc1cccnc1)C1OC2(CCN(C(=O)c3ccccc3)CC2)c2ccccc21. The van der Waals surface area contributed by atoms with Crippen LogP contribution < -0.4 is 5.32 Å². The predicted octanol–water partition coefficient (Wildman–Crippen LogP) is 3.60. The number of nitrogens with one attached hydrogen (secondary N) is 1. The van der Waals surface area contributed by atoms with Crippen molar-refractivity contribution in [3.05, 3.63) is 101 Å². The summed E-state index contributed by atoms with van der Waals surface area (Å²) in [5, 5.41) is 2.98. The Balaban J connectivity index is 1.30. The number of nitrogens with zero attached hydrogens (tertiary/aromatic N) is 2. The number of pyridine rings is 1. The Hall–Kier alpha value is -3.51. The van der Waals surface area contributed by atoms with Crippen LogP contribution in [0, 0.1) is 0 Å². The van der Waals surface area contributed by atoms with Crippen molar-refractivity contribution in [3.63, 3.8) is 0 Å². The third kappa shape index (κ3) is 3.78. The topological polar surface area (TPSA) is 71.5 Å². The number of carbonyl (C=O) groups excluding carboxylic acids is 2. The minimum atomic E-state index is -0.653. The van der Waals surface area contributed by atoms with Crippen LogP contribution in [0.5, 0.6) is 0 Å². The summed E-state index contributed by atoms with van der Waals surface area (Å²) in [6, 6.07) is 21.1. The molecule has 1 atom stereocenters. The minimum Gasteiger partial charge on any atom is -0.352 e. The fraction of sp³-hybridized carbons (Fsp3) is 0.269. The molecule has 6 nitrogen and oxygen atoms in total. The van der Waals surface area contributed by atoms with Gasteiger partial charge in [0.2, 0.25) is 0 Å². The van der Waals surface area contributed by atoms with E-state index in [1.54, 1.807) is 12.4 Å². The van der Waals surface area contributed by atoms with Gasteiger partial charge < -0.3 is 15.0 Å². The number of carbonyl (C=O) groups is 2. The number of hydrogen-bond acceptors (Lipinski definition) is 4. The van der Waals surface area contributed by atoms with Gasteiger partial charge >= 0.3 is 0 Å². The quantitative estimate of drug-likeness (QED) is 0.691. The monoisotopic (exact) mass is 427 g/mol. The van der Waals surface area contributed by atoms with Crippen molar-refractivity contribution < 1.29 is 14.3 Å². The third-order valence-corrected chi connectivity index (χ3v) is 6.38. The standard InChI is InChI=1S/C26H25N3O3/c30-24(28-18-19-7-6-14-27-17-19)23-21-10-4-5-11-22(21)26(32-23)12-15-29(16-13-26)25(31)20-8-2-1-3-9-20/h1-11,14,17,23H,12-13,15-16,18H2,(H,28,30). The Morgan fingerprint density at radius 2 is 1.75 bits per heavy atom. The van der Waals surface area contributed by atoms with E-state index in [1.165, 1.54) is 0 Å². The normalized spacial score (nSPS) is 18.9. The lowest BCUT2D eigenvalue weighted by Crippen LogP contribution is -2.45. The first kappa shape index (κ1) is 20.4. The van der Waals surface area contributed by atoms with E-state index in [2.05, 4.69) is 16.4 Å². The van der Waals surface area contributed by atoms with Crippen LogP contribution in [-0.4, -0.2) is 34.8 Å². The number of ether oxygens (including phenoxy) is 1. The van der Waals surface area contributed by atoms with E-state index in [-0.39, 0.29) is 11.8 Å². The zero-order chi connectivity index (χ0) is 22.0. The number of aromatic nitrogens is 1. The van der Waals surface area contributed by atoms with Crippen LogP contribution in [0.4, 0.5) is 0 Å². The molecule has 1 aromatic heterocycles. The number of likely N-dealkylation sites (tertiary alicyclic amines) is 1. The summed E-state index contributed by atoms with van der Waals surface area (Å²) in [6.45, 7) is 1.58. The molecule has 0 bridgehead atoms. The van der Waals surface area contributed by atoms with E-state index in [4.69, 9.17) is 4.74 Å². The van der Waals surface area contributed by atoms with Crippen LogP contribution in [-0.2, 0) is 21.7 Å². The first-order valence-corrected chi connectivity index (χ1v) is 10.9. The van der Waals surface area contributed by atoms with Gasteiger partial charge in [-0.25, -0.2) is 0 Å². The molecule has 1 saturated heterocycles. The first-order valence-electron chi connectivity index (χ1n) is 10.9. The first-order chi connectivity index (χ1) is 15.7. The van der Waals surface area contributed by atoms with Gasteiger partial charge in [-0.05, 0) is 47.7 Å². The zero-order valence-electron chi connectivity index (χ0n) is 17.7. The number of amides is 2. The van der Waals surface area contributed by atoms with E-state index < -0.39 is 11.7 Å². The van der Waals surface area contributed by atoms with Gasteiger partial charge in [0, 0.05) is 37.6 Å². The van der Waals surface area contributed by atoms with Crippen molar-refractivity contribution in [1.82, 2.24) is 15.2 Å². The van der Waals surface area contributed by atoms with Crippen LogP contribution >= 0.6 is 0 Å². The molecule has 1 spiro atoms. The van der Waals surface area contributed by atoms with Gasteiger partial charge in [-0.3, -0.25) is 14.6 Å². The molecule has 0 saturated carbocycles. The molecule has 0 radical (unpaired) electrons. The molecule has 2 aliphatic rings. The molecule has 5 rings (SSSR count). The Kier molecular flexibility index (Phi) is 5.45. The van der Waals surface area contributed by atoms with E-state index in [9.17, 15) is 9.59 Å². The van der Waals surface area contributed by atoms with E-state index >= 15 is 0 Å². The number of hydrogen-bond donors (Lipinski definition) is 1. The molecule has 3 heterocycles. The molecular weight excluding hydrogens is 402 g/mol. The van der Waals surface area contributed by atoms with Gasteiger partial charge in [0.25, 0.3) is 11.8 Å². The van der Waals surface area contributed by atoms with Gasteiger partial charge in [-0.1, -0.05) is 48.5 Å². The van der Waals surface area contributed by atoms with E-state index in [1.807, 2.05) is 65.6 Å². The lowest BCUT2D eigenvalue weighted by atomic mass is 9.83. The largest absolute Gasteiger partial charge is 0.352 e. The molecule has 3 aromatic rings. The lowest BCUT2D eigenvalue weighted by molar-refractivity contribution is -0.150. The number of piperidine rings is 1. The van der Waals surface area contributed by atoms with Gasteiger partial charge in [-0.2, -0.15) is 0 Å². The molecule has 1 fully saturated rings. The molecule has 32 heavy (non-hydrogen) atoms. The number of benzene rings is 2. The smallest absolute Gasteiger partial charge is 0.254 e. The Morgan fingerprint density at radius 3 is 2.50 bits per heavy atom. The van der Waals surface area contributed by atoms with Gasteiger partial charge in [0.05, 0.1) is 5.60 Å². The maximum atomic E-state index is 13.0. The fourth-order valence-electron chi connectivity index (χ4n) is 4.69. The second kappa shape index (κ2) is 8.55. The van der Waals surface area contributed by atoms with Crippen molar-refractivity contribution in [1.29, 1.82) is 0 Å². The maximum absolute atomic E-state index is 13.0. The van der Waals surface area contributed by atoms with E-state index in [0.29, 0.717) is 38.0 Å². The summed E-state index contributed by atoms with van der Waals surface area (Å²) in [5.74, 6) is -0.113. The summed E-state index contributed by atoms with van der Waals surface area (Å²) >= 11 is 0. The van der Waals surface area contributed by atoms with Crippen LogP contribution in [0.15, 0.2) is 79.1 Å². The summed E-state index contributed by atoms with van der Waals surface area (Å²) in [7, 11) is 0. The Labute approximate surface area is 187 Å². The average Bonchev–Trinajstić information content (AvgIpc) is 3.18. The van der Waals surface area contributed by atoms with E-state index in [0.717, 1.165) is 16.7 Å². The lowest BCUT2D eigenvalue weighted by Gasteiger charge is -2.39. The van der Waals surface area contributed by atoms with Crippen molar-refractivity contribution in [2.75, 3.05) is 13.1 Å². The molecule has 162 valence electrons. The molecule has 6 heteroatoms. The van der Waals surface area contributed by atoms with Crippen LogP contribution in [0.1, 0.15) is 46.0 Å². The molecule has 0 aliphatic carbocycles. The van der Waals surface area contributed by atoms with Gasteiger partial charge in [0.15, 0.2) is 6.10 Å². The predicted molar refractivity (Wildman–Crippen MR) is 120 cm³/mol. The number of rotatable bonds is 4. The fourth-order valence-corrected chi connectivity index (χ4v) is 4.69. The Bertz CT molecular complexity index is 1110. The van der Waals surface area contributed by atoms with Crippen LogP contribution in [0.2, 0.25) is 0 Å². The highest BCUT2D eigenvalue weighted by Gasteiger charge is 2.49. The number of fused-ring (bicyclic) bond motifs is 2. The summed E-state index contributed by atoms with van der Waals surface area (Å²) < 4.78 is 6.48. The molecule has 2 amide bonds. The average molecular weight is 428 g/mol. The second-order valence-electron chi connectivity index (χ2n) is 8.32. The molecular formula is C26H25N3O3. The highest BCUT2D eigenvalue weighted by molar-refractivity contribution is 5.94. The second-order valence-corrected chi connectivity index (χ2v) is 8.32. The van der Waals surface area contributed by atoms with Crippen LogP contribution in [0.3, 0.4) is 0 Å². The molecule has 2 aliphatic heterocycles.